The third-order valence-corrected chi connectivity index (χ3v) is 12.4. The first-order valence-corrected chi connectivity index (χ1v) is 18.4. The highest BCUT2D eigenvalue weighted by molar-refractivity contribution is 7.25. The minimum atomic E-state index is 0.919. The Morgan fingerprint density at radius 3 is 1.76 bits per heavy atom. The predicted molar refractivity (Wildman–Crippen MR) is 218 cm³/mol. The van der Waals surface area contributed by atoms with Gasteiger partial charge in [0, 0.05) is 30.9 Å². The van der Waals surface area contributed by atoms with Crippen molar-refractivity contribution in [1.29, 1.82) is 0 Å². The number of hydrogen-bond acceptors (Lipinski definition) is 2. The molecule has 12 rings (SSSR count). The van der Waals surface area contributed by atoms with Crippen LogP contribution in [0.15, 0.2) is 162 Å². The van der Waals surface area contributed by atoms with Gasteiger partial charge in [-0.3, -0.25) is 0 Å². The van der Waals surface area contributed by atoms with Gasteiger partial charge in [-0.2, -0.15) is 0 Å². The molecule has 1 nitrogen and oxygen atoms in total. The molecule has 0 saturated carbocycles. The number of fused-ring (bicyclic) bond motifs is 12. The Morgan fingerprint density at radius 2 is 0.980 bits per heavy atom. The lowest BCUT2D eigenvalue weighted by molar-refractivity contribution is 0.669. The van der Waals surface area contributed by atoms with Crippen molar-refractivity contribution in [3.8, 4) is 33.4 Å². The van der Waals surface area contributed by atoms with Crippen LogP contribution in [-0.4, -0.2) is 0 Å². The third kappa shape index (κ3) is 3.91. The topological polar surface area (TPSA) is 13.1 Å². The van der Waals surface area contributed by atoms with Gasteiger partial charge in [0.05, 0.1) is 0 Å². The molecule has 236 valence electrons. The van der Waals surface area contributed by atoms with Crippen LogP contribution in [0.2, 0.25) is 0 Å². The van der Waals surface area contributed by atoms with Crippen LogP contribution in [0.1, 0.15) is 11.1 Å². The fourth-order valence-electron chi connectivity index (χ4n) is 8.95. The summed E-state index contributed by atoms with van der Waals surface area (Å²) in [5.74, 6) is 0. The first-order chi connectivity index (χ1) is 25.2. The minimum Gasteiger partial charge on any atom is -0.456 e. The molecule has 0 spiro atoms. The number of rotatable bonds is 2. The zero-order chi connectivity index (χ0) is 33.2. The monoisotopic (exact) mass is 664 g/mol. The number of para-hydroxylation sites is 1. The van der Waals surface area contributed by atoms with Gasteiger partial charge in [0.15, 0.2) is 0 Å². The molecule has 0 N–H and O–H groups in total. The molecule has 2 heterocycles. The van der Waals surface area contributed by atoms with Crippen LogP contribution in [0.3, 0.4) is 0 Å². The normalized spacial score (nSPS) is 12.6. The van der Waals surface area contributed by atoms with E-state index in [1.807, 2.05) is 17.4 Å². The van der Waals surface area contributed by atoms with E-state index in [1.54, 1.807) is 0 Å². The van der Waals surface area contributed by atoms with Gasteiger partial charge in [0.2, 0.25) is 0 Å². The van der Waals surface area contributed by atoms with Gasteiger partial charge >= 0.3 is 0 Å². The summed E-state index contributed by atoms with van der Waals surface area (Å²) in [6.07, 6.45) is 1.02. The number of benzene rings is 9. The highest BCUT2D eigenvalue weighted by atomic mass is 32.1. The maximum atomic E-state index is 6.37. The van der Waals surface area contributed by atoms with E-state index in [2.05, 4.69) is 152 Å². The molecule has 0 aliphatic heterocycles. The summed E-state index contributed by atoms with van der Waals surface area (Å²) >= 11 is 1.90. The van der Waals surface area contributed by atoms with Crippen molar-refractivity contribution in [2.24, 2.45) is 0 Å². The molecule has 11 aromatic rings. The zero-order valence-corrected chi connectivity index (χ0v) is 28.4. The smallest absolute Gasteiger partial charge is 0.136 e. The third-order valence-electron chi connectivity index (χ3n) is 11.2. The molecule has 9 aromatic carbocycles. The maximum absolute atomic E-state index is 6.37. The number of furan rings is 1. The van der Waals surface area contributed by atoms with Crippen LogP contribution in [0, 0.1) is 0 Å². The summed E-state index contributed by atoms with van der Waals surface area (Å²) < 4.78 is 9.03. The Balaban J connectivity index is 1.08. The van der Waals surface area contributed by atoms with E-state index < -0.39 is 0 Å². The van der Waals surface area contributed by atoms with Gasteiger partial charge in [-0.15, -0.1) is 11.3 Å². The Morgan fingerprint density at radius 1 is 0.373 bits per heavy atom. The van der Waals surface area contributed by atoms with Crippen LogP contribution >= 0.6 is 11.3 Å². The maximum Gasteiger partial charge on any atom is 0.136 e. The molecular formula is C49H28OS. The average Bonchev–Trinajstić information content (AvgIpc) is 3.85. The largest absolute Gasteiger partial charge is 0.456 e. The second-order valence-corrected chi connectivity index (χ2v) is 15.1. The Hall–Kier alpha value is -6.22. The van der Waals surface area contributed by atoms with Crippen molar-refractivity contribution < 1.29 is 4.42 Å². The fourth-order valence-corrected chi connectivity index (χ4v) is 10.1. The first-order valence-electron chi connectivity index (χ1n) is 17.6. The van der Waals surface area contributed by atoms with Crippen molar-refractivity contribution in [2.45, 2.75) is 6.42 Å². The van der Waals surface area contributed by atoms with Gasteiger partial charge in [-0.25, -0.2) is 0 Å². The molecular weight excluding hydrogens is 637 g/mol. The SMILES string of the molecule is c1ccc2c(c1)Cc1cc3cc4sc5ccc(-c6c7ccccc7c(-c7ccc8c(c7)oc7ccccc78)c7ccccc67)cc5c4cc3cc1-2. The molecule has 0 bridgehead atoms. The van der Waals surface area contributed by atoms with E-state index in [0.29, 0.717) is 0 Å². The summed E-state index contributed by atoms with van der Waals surface area (Å²) in [5, 5.41) is 12.6. The Kier molecular flexibility index (Phi) is 5.50. The van der Waals surface area contributed by atoms with E-state index in [0.717, 1.165) is 28.4 Å². The van der Waals surface area contributed by atoms with E-state index in [1.165, 1.54) is 97.0 Å². The molecule has 2 aromatic heterocycles. The van der Waals surface area contributed by atoms with E-state index in [9.17, 15) is 0 Å². The van der Waals surface area contributed by atoms with Gasteiger partial charge < -0.3 is 4.42 Å². The molecule has 0 fully saturated rings. The fraction of sp³-hybridized carbons (Fsp3) is 0.0204. The molecule has 0 unspecified atom stereocenters. The van der Waals surface area contributed by atoms with Crippen molar-refractivity contribution in [2.75, 3.05) is 0 Å². The van der Waals surface area contributed by atoms with Crippen molar-refractivity contribution >= 4 is 85.8 Å². The Bertz CT molecular complexity index is 3230. The Labute approximate surface area is 297 Å². The molecule has 2 heteroatoms. The molecule has 0 saturated heterocycles. The van der Waals surface area contributed by atoms with Crippen molar-refractivity contribution in [3.63, 3.8) is 0 Å². The lowest BCUT2D eigenvalue weighted by atomic mass is 9.85. The van der Waals surface area contributed by atoms with Crippen LogP contribution < -0.4 is 0 Å². The van der Waals surface area contributed by atoms with Crippen LogP contribution in [0.4, 0.5) is 0 Å². The predicted octanol–water partition coefficient (Wildman–Crippen LogP) is 14.3. The van der Waals surface area contributed by atoms with E-state index in [-0.39, 0.29) is 0 Å². The zero-order valence-electron chi connectivity index (χ0n) is 27.5. The number of thiophene rings is 1. The lowest BCUT2D eigenvalue weighted by Gasteiger charge is -2.18. The highest BCUT2D eigenvalue weighted by Gasteiger charge is 2.21. The first kappa shape index (κ1) is 27.6. The average molecular weight is 665 g/mol. The summed E-state index contributed by atoms with van der Waals surface area (Å²) in [6.45, 7) is 0. The standard InChI is InChI=1S/C49H28OS/c1-2-10-34-28(9-1)21-33-22-31-27-47-43(25-32(31)24-41(33)34)42-23-29(18-20-46(42)51-47)48-37-12-3-5-14-39(37)49(40-15-6-4-13-38(40)48)30-17-19-36-35-11-7-8-16-44(35)50-45(36)26-30/h1-20,22-27H,21H2. The van der Waals surface area contributed by atoms with E-state index >= 15 is 0 Å². The molecule has 51 heavy (non-hydrogen) atoms. The second-order valence-electron chi connectivity index (χ2n) is 14.0. The van der Waals surface area contributed by atoms with Crippen LogP contribution in [-0.2, 0) is 6.42 Å². The second kappa shape index (κ2) is 10.2. The molecule has 1 aliphatic carbocycles. The summed E-state index contributed by atoms with van der Waals surface area (Å²) in [4.78, 5) is 0. The molecule has 0 radical (unpaired) electrons. The highest BCUT2D eigenvalue weighted by Crippen LogP contribution is 2.47. The molecule has 0 amide bonds. The summed E-state index contributed by atoms with van der Waals surface area (Å²) in [7, 11) is 0. The van der Waals surface area contributed by atoms with Gasteiger partial charge in [0.1, 0.15) is 11.2 Å². The van der Waals surface area contributed by atoms with Crippen LogP contribution in [0.25, 0.3) is 108 Å². The minimum absolute atomic E-state index is 0.919. The van der Waals surface area contributed by atoms with Gasteiger partial charge in [-0.05, 0) is 132 Å². The summed E-state index contributed by atoms with van der Waals surface area (Å²) in [5.41, 5.74) is 12.4. The molecule has 1 aliphatic rings. The number of hydrogen-bond donors (Lipinski definition) is 0. The van der Waals surface area contributed by atoms with Crippen molar-refractivity contribution in [3.05, 3.63) is 169 Å². The van der Waals surface area contributed by atoms with E-state index in [4.69, 9.17) is 4.42 Å². The summed E-state index contributed by atoms with van der Waals surface area (Å²) in [6, 6.07) is 58.5. The van der Waals surface area contributed by atoms with Crippen molar-refractivity contribution in [1.82, 2.24) is 0 Å². The molecule has 0 atom stereocenters. The van der Waals surface area contributed by atoms with Gasteiger partial charge in [-0.1, -0.05) is 109 Å². The lowest BCUT2D eigenvalue weighted by Crippen LogP contribution is -1.90. The quantitative estimate of drug-likeness (QED) is 0.168. The van der Waals surface area contributed by atoms with Crippen LogP contribution in [0.5, 0.6) is 0 Å². The van der Waals surface area contributed by atoms with Gasteiger partial charge in [0.25, 0.3) is 0 Å².